The van der Waals surface area contributed by atoms with Gasteiger partial charge >= 0.3 is 0 Å². The van der Waals surface area contributed by atoms with Crippen LogP contribution in [0.4, 0.5) is 0 Å². The molecule has 0 radical (unpaired) electrons. The van der Waals surface area contributed by atoms with Crippen molar-refractivity contribution in [3.05, 3.63) is 79.4 Å². The number of aromatic nitrogens is 2. The Bertz CT molecular complexity index is 1010. The van der Waals surface area contributed by atoms with E-state index in [0.717, 1.165) is 11.3 Å². The molecule has 1 atom stereocenters. The van der Waals surface area contributed by atoms with E-state index < -0.39 is 11.3 Å². The van der Waals surface area contributed by atoms with E-state index in [1.165, 1.54) is 6.07 Å². The van der Waals surface area contributed by atoms with Gasteiger partial charge in [0.05, 0.1) is 11.7 Å². The van der Waals surface area contributed by atoms with Crippen LogP contribution in [-0.2, 0) is 0 Å². The van der Waals surface area contributed by atoms with Crippen LogP contribution in [0.1, 0.15) is 27.8 Å². The Hall–Kier alpha value is -2.48. The van der Waals surface area contributed by atoms with Crippen molar-refractivity contribution >= 4 is 28.8 Å². The second kappa shape index (κ2) is 8.68. The van der Waals surface area contributed by atoms with Crippen molar-refractivity contribution in [3.63, 3.8) is 0 Å². The molecule has 0 saturated heterocycles. The van der Waals surface area contributed by atoms with Crippen molar-refractivity contribution in [1.29, 1.82) is 0 Å². The molecule has 0 aliphatic carbocycles. The number of aryl methyl sites for hydroxylation is 1. The average molecular weight is 417 g/mol. The lowest BCUT2D eigenvalue weighted by Crippen LogP contribution is -2.37. The number of halogens is 1. The fraction of sp³-hybridized carbons (Fsp3) is 0.250. The summed E-state index contributed by atoms with van der Waals surface area (Å²) < 4.78 is 1.56. The summed E-state index contributed by atoms with van der Waals surface area (Å²) in [4.78, 5) is 27.1. The third kappa shape index (κ3) is 4.49. The number of benzene rings is 1. The van der Waals surface area contributed by atoms with Gasteiger partial charge in [-0.15, -0.1) is 0 Å². The highest BCUT2D eigenvalue weighted by Gasteiger charge is 2.19. The standard InChI is InChI=1S/C20H21ClN4O2S/c1-13-10-18(26)19(23-25(13)16-6-4-15(21)5-7-16)20(27)22-11-17(24(2)3)14-8-9-28-12-14/h4-10,12,17H,11H2,1-3H3,(H,22,27)/t17-/m1/s1. The molecule has 3 aromatic rings. The van der Waals surface area contributed by atoms with Gasteiger partial charge in [-0.05, 0) is 67.7 Å². The second-order valence-electron chi connectivity index (χ2n) is 6.63. The van der Waals surface area contributed by atoms with Gasteiger partial charge in [-0.2, -0.15) is 16.4 Å². The van der Waals surface area contributed by atoms with Crippen molar-refractivity contribution < 1.29 is 4.79 Å². The zero-order valence-electron chi connectivity index (χ0n) is 15.8. The first kappa shape index (κ1) is 20.3. The molecule has 1 aromatic carbocycles. The lowest BCUT2D eigenvalue weighted by Gasteiger charge is -2.23. The Labute approximate surface area is 172 Å². The first-order valence-electron chi connectivity index (χ1n) is 8.70. The van der Waals surface area contributed by atoms with Crippen LogP contribution in [0.15, 0.2) is 52.0 Å². The van der Waals surface area contributed by atoms with Gasteiger partial charge < -0.3 is 10.2 Å². The summed E-state index contributed by atoms with van der Waals surface area (Å²) in [6, 6.07) is 10.5. The van der Waals surface area contributed by atoms with E-state index in [9.17, 15) is 9.59 Å². The van der Waals surface area contributed by atoms with E-state index in [-0.39, 0.29) is 11.7 Å². The first-order chi connectivity index (χ1) is 13.4. The van der Waals surface area contributed by atoms with E-state index in [1.807, 2.05) is 30.4 Å². The van der Waals surface area contributed by atoms with Gasteiger partial charge in [0, 0.05) is 23.3 Å². The number of carbonyl (C=O) groups is 1. The molecule has 0 fully saturated rings. The highest BCUT2D eigenvalue weighted by atomic mass is 35.5. The number of likely N-dealkylation sites (N-methyl/N-ethyl adjacent to an activating group) is 1. The highest BCUT2D eigenvalue weighted by molar-refractivity contribution is 7.07. The topological polar surface area (TPSA) is 67.2 Å². The zero-order valence-corrected chi connectivity index (χ0v) is 17.4. The number of amides is 1. The van der Waals surface area contributed by atoms with E-state index in [2.05, 4.69) is 15.8 Å². The van der Waals surface area contributed by atoms with Crippen LogP contribution in [0.3, 0.4) is 0 Å². The summed E-state index contributed by atoms with van der Waals surface area (Å²) in [6.45, 7) is 2.14. The van der Waals surface area contributed by atoms with Crippen LogP contribution in [-0.4, -0.2) is 41.2 Å². The summed E-state index contributed by atoms with van der Waals surface area (Å²) in [7, 11) is 3.90. The van der Waals surface area contributed by atoms with Crippen LogP contribution in [0.5, 0.6) is 0 Å². The van der Waals surface area contributed by atoms with E-state index in [0.29, 0.717) is 17.3 Å². The molecule has 146 valence electrons. The van der Waals surface area contributed by atoms with E-state index in [1.54, 1.807) is 47.2 Å². The predicted octanol–water partition coefficient (Wildman–Crippen LogP) is 3.29. The van der Waals surface area contributed by atoms with Gasteiger partial charge in [-0.1, -0.05) is 11.6 Å². The van der Waals surface area contributed by atoms with Gasteiger partial charge in [0.15, 0.2) is 5.69 Å². The Kier molecular flexibility index (Phi) is 6.28. The molecule has 0 spiro atoms. The molecule has 0 saturated carbocycles. The number of thiophene rings is 1. The average Bonchev–Trinajstić information content (AvgIpc) is 3.17. The molecule has 2 aromatic heterocycles. The zero-order chi connectivity index (χ0) is 20.3. The van der Waals surface area contributed by atoms with E-state index >= 15 is 0 Å². The number of rotatable bonds is 6. The van der Waals surface area contributed by atoms with Crippen molar-refractivity contribution in [1.82, 2.24) is 20.0 Å². The summed E-state index contributed by atoms with van der Waals surface area (Å²) in [5, 5.41) is 11.8. The molecule has 1 N–H and O–H groups in total. The van der Waals surface area contributed by atoms with Gasteiger partial charge in [0.1, 0.15) is 0 Å². The van der Waals surface area contributed by atoms with Crippen molar-refractivity contribution in [3.8, 4) is 5.69 Å². The fourth-order valence-electron chi connectivity index (χ4n) is 2.88. The van der Waals surface area contributed by atoms with Crippen LogP contribution in [0, 0.1) is 6.92 Å². The Morgan fingerprint density at radius 3 is 2.61 bits per heavy atom. The summed E-state index contributed by atoms with van der Waals surface area (Å²) >= 11 is 7.54. The van der Waals surface area contributed by atoms with Crippen LogP contribution in [0.25, 0.3) is 5.69 Å². The third-order valence-corrected chi connectivity index (χ3v) is 5.35. The molecule has 2 heterocycles. The number of hydrogen-bond acceptors (Lipinski definition) is 5. The molecule has 3 rings (SSSR count). The highest BCUT2D eigenvalue weighted by Crippen LogP contribution is 2.20. The number of nitrogens with zero attached hydrogens (tertiary/aromatic N) is 3. The molecular formula is C20H21ClN4O2S. The fourth-order valence-corrected chi connectivity index (χ4v) is 3.72. The van der Waals surface area contributed by atoms with Crippen LogP contribution < -0.4 is 10.7 Å². The largest absolute Gasteiger partial charge is 0.349 e. The van der Waals surface area contributed by atoms with Gasteiger partial charge in [0.25, 0.3) is 5.91 Å². The Morgan fingerprint density at radius 2 is 2.00 bits per heavy atom. The second-order valence-corrected chi connectivity index (χ2v) is 7.85. The molecule has 6 nitrogen and oxygen atoms in total. The molecule has 1 amide bonds. The molecular weight excluding hydrogens is 396 g/mol. The first-order valence-corrected chi connectivity index (χ1v) is 10.0. The number of hydrogen-bond donors (Lipinski definition) is 1. The van der Waals surface area contributed by atoms with E-state index in [4.69, 9.17) is 11.6 Å². The maximum Gasteiger partial charge on any atom is 0.275 e. The third-order valence-electron chi connectivity index (χ3n) is 4.40. The normalized spacial score (nSPS) is 12.2. The summed E-state index contributed by atoms with van der Waals surface area (Å²) in [5.41, 5.74) is 1.93. The molecule has 28 heavy (non-hydrogen) atoms. The van der Waals surface area contributed by atoms with Crippen LogP contribution in [0.2, 0.25) is 5.02 Å². The SMILES string of the molecule is Cc1cc(=O)c(C(=O)NC[C@H](c2ccsc2)N(C)C)nn1-c1ccc(Cl)cc1. The quantitative estimate of drug-likeness (QED) is 0.669. The molecule has 0 unspecified atom stereocenters. The monoisotopic (exact) mass is 416 g/mol. The van der Waals surface area contributed by atoms with Crippen molar-refractivity contribution in [2.24, 2.45) is 0 Å². The minimum absolute atomic E-state index is 0.0131. The molecule has 0 bridgehead atoms. The Morgan fingerprint density at radius 1 is 1.29 bits per heavy atom. The minimum atomic E-state index is -0.491. The minimum Gasteiger partial charge on any atom is -0.349 e. The van der Waals surface area contributed by atoms with Gasteiger partial charge in [0.2, 0.25) is 5.43 Å². The maximum atomic E-state index is 12.7. The van der Waals surface area contributed by atoms with Gasteiger partial charge in [-0.3, -0.25) is 9.59 Å². The lowest BCUT2D eigenvalue weighted by atomic mass is 10.1. The van der Waals surface area contributed by atoms with Gasteiger partial charge in [-0.25, -0.2) is 4.68 Å². The summed E-state index contributed by atoms with van der Waals surface area (Å²) in [6.07, 6.45) is 0. The van der Waals surface area contributed by atoms with Crippen molar-refractivity contribution in [2.45, 2.75) is 13.0 Å². The maximum absolute atomic E-state index is 12.7. The molecule has 0 aliphatic rings. The van der Waals surface area contributed by atoms with Crippen molar-refractivity contribution in [2.75, 3.05) is 20.6 Å². The number of nitrogens with one attached hydrogen (secondary N) is 1. The lowest BCUT2D eigenvalue weighted by molar-refractivity contribution is 0.0934. The molecule has 8 heteroatoms. The summed E-state index contributed by atoms with van der Waals surface area (Å²) in [5.74, 6) is -0.491. The molecule has 0 aliphatic heterocycles. The Balaban J connectivity index is 1.84. The van der Waals surface area contributed by atoms with Crippen LogP contribution >= 0.6 is 22.9 Å². The predicted molar refractivity (Wildman–Crippen MR) is 113 cm³/mol. The number of carbonyl (C=O) groups excluding carboxylic acids is 1. The smallest absolute Gasteiger partial charge is 0.275 e.